The summed E-state index contributed by atoms with van der Waals surface area (Å²) in [5, 5.41) is 11.4. The lowest BCUT2D eigenvalue weighted by Gasteiger charge is -2.30. The third-order valence-corrected chi connectivity index (χ3v) is 4.31. The van der Waals surface area contributed by atoms with E-state index in [9.17, 15) is 14.9 Å². The second-order valence-electron chi connectivity index (χ2n) is 5.64. The van der Waals surface area contributed by atoms with Crippen LogP contribution in [0.25, 0.3) is 0 Å². The van der Waals surface area contributed by atoms with Gasteiger partial charge >= 0.3 is 0 Å². The molecule has 1 unspecified atom stereocenters. The number of rotatable bonds is 3. The van der Waals surface area contributed by atoms with Gasteiger partial charge in [0, 0.05) is 37.5 Å². The predicted octanol–water partition coefficient (Wildman–Crippen LogP) is 3.13. The quantitative estimate of drug-likeness (QED) is 0.646. The molecule has 0 N–H and O–H groups in total. The molecule has 1 aliphatic heterocycles. The van der Waals surface area contributed by atoms with Crippen LogP contribution in [0.5, 0.6) is 0 Å². The van der Waals surface area contributed by atoms with Crippen LogP contribution in [0.1, 0.15) is 37.1 Å². The van der Waals surface area contributed by atoms with Crippen LogP contribution in [0, 0.1) is 10.1 Å². The van der Waals surface area contributed by atoms with E-state index in [1.54, 1.807) is 23.1 Å². The summed E-state index contributed by atoms with van der Waals surface area (Å²) in [4.78, 5) is 25.3. The van der Waals surface area contributed by atoms with Crippen molar-refractivity contribution in [2.24, 2.45) is 0 Å². The van der Waals surface area contributed by atoms with Gasteiger partial charge in [-0.1, -0.05) is 19.1 Å². The van der Waals surface area contributed by atoms with Crippen LogP contribution in [0.3, 0.4) is 0 Å². The number of carbonyl (C=O) groups excluding carboxylic acids is 1. The SMILES string of the molecule is CCC(=O)N1CCCn2cccc2C1c1ccccc1[N+](=O)[O-]. The van der Waals surface area contributed by atoms with Gasteiger partial charge in [-0.2, -0.15) is 0 Å². The van der Waals surface area contributed by atoms with E-state index in [-0.39, 0.29) is 16.5 Å². The molecule has 1 aromatic carbocycles. The minimum Gasteiger partial charge on any atom is -0.349 e. The van der Waals surface area contributed by atoms with Gasteiger partial charge in [-0.25, -0.2) is 0 Å². The molecule has 120 valence electrons. The molecular weight excluding hydrogens is 294 g/mol. The van der Waals surface area contributed by atoms with E-state index in [0.29, 0.717) is 18.5 Å². The molecule has 0 bridgehead atoms. The number of fused-ring (bicyclic) bond motifs is 1. The molecule has 1 amide bonds. The highest BCUT2D eigenvalue weighted by atomic mass is 16.6. The lowest BCUT2D eigenvalue weighted by Crippen LogP contribution is -2.35. The Hall–Kier alpha value is -2.63. The lowest BCUT2D eigenvalue weighted by atomic mass is 9.99. The maximum Gasteiger partial charge on any atom is 0.275 e. The summed E-state index contributed by atoms with van der Waals surface area (Å²) in [6.07, 6.45) is 3.19. The van der Waals surface area contributed by atoms with Crippen LogP contribution >= 0.6 is 0 Å². The Morgan fingerprint density at radius 3 is 2.78 bits per heavy atom. The lowest BCUT2D eigenvalue weighted by molar-refractivity contribution is -0.385. The number of nitro benzene ring substituents is 1. The Kier molecular flexibility index (Phi) is 4.14. The largest absolute Gasteiger partial charge is 0.349 e. The van der Waals surface area contributed by atoms with Gasteiger partial charge in [0.1, 0.15) is 6.04 Å². The molecule has 6 heteroatoms. The first-order chi connectivity index (χ1) is 11.1. The number of carbonyl (C=O) groups is 1. The van der Waals surface area contributed by atoms with Gasteiger partial charge < -0.3 is 9.47 Å². The average Bonchev–Trinajstić information content (AvgIpc) is 2.94. The van der Waals surface area contributed by atoms with Crippen molar-refractivity contribution in [3.8, 4) is 0 Å². The van der Waals surface area contributed by atoms with Gasteiger partial charge in [0.15, 0.2) is 0 Å². The predicted molar refractivity (Wildman–Crippen MR) is 86.0 cm³/mol. The fourth-order valence-corrected chi connectivity index (χ4v) is 3.26. The first-order valence-corrected chi connectivity index (χ1v) is 7.81. The minimum absolute atomic E-state index is 0.0165. The number of amides is 1. The second kappa shape index (κ2) is 6.24. The number of nitro groups is 1. The molecule has 0 spiro atoms. The molecule has 2 aromatic rings. The van der Waals surface area contributed by atoms with Crippen molar-refractivity contribution in [1.82, 2.24) is 9.47 Å². The molecule has 2 heterocycles. The normalized spacial score (nSPS) is 17.4. The van der Waals surface area contributed by atoms with Gasteiger partial charge in [0.2, 0.25) is 5.91 Å². The maximum absolute atomic E-state index is 12.5. The van der Waals surface area contributed by atoms with Crippen molar-refractivity contribution in [3.63, 3.8) is 0 Å². The van der Waals surface area contributed by atoms with Crippen LogP contribution in [-0.4, -0.2) is 26.8 Å². The van der Waals surface area contributed by atoms with Crippen LogP contribution < -0.4 is 0 Å². The highest BCUT2D eigenvalue weighted by molar-refractivity contribution is 5.77. The van der Waals surface area contributed by atoms with Crippen molar-refractivity contribution in [2.75, 3.05) is 6.54 Å². The summed E-state index contributed by atoms with van der Waals surface area (Å²) in [6.45, 7) is 3.24. The molecule has 0 saturated carbocycles. The molecule has 3 rings (SSSR count). The third-order valence-electron chi connectivity index (χ3n) is 4.31. The van der Waals surface area contributed by atoms with Crippen LogP contribution in [0.15, 0.2) is 42.6 Å². The standard InChI is InChI=1S/C17H19N3O3/c1-2-16(21)19-12-6-11-18-10-5-9-15(18)17(19)13-7-3-4-8-14(13)20(22)23/h3-5,7-10,17H,2,6,11-12H2,1H3. The first kappa shape index (κ1) is 15.3. The molecule has 0 radical (unpaired) electrons. The molecule has 0 aliphatic carbocycles. The molecule has 6 nitrogen and oxygen atoms in total. The molecule has 1 atom stereocenters. The summed E-state index contributed by atoms with van der Waals surface area (Å²) in [5.74, 6) is 0.0165. The Bertz CT molecular complexity index is 738. The second-order valence-corrected chi connectivity index (χ2v) is 5.64. The van der Waals surface area contributed by atoms with E-state index >= 15 is 0 Å². The van der Waals surface area contributed by atoms with E-state index < -0.39 is 6.04 Å². The number of aromatic nitrogens is 1. The van der Waals surface area contributed by atoms with Crippen molar-refractivity contribution in [2.45, 2.75) is 32.4 Å². The molecule has 0 saturated heterocycles. The Morgan fingerprint density at radius 1 is 1.26 bits per heavy atom. The zero-order valence-corrected chi connectivity index (χ0v) is 13.0. The van der Waals surface area contributed by atoms with Crippen molar-refractivity contribution < 1.29 is 9.72 Å². The van der Waals surface area contributed by atoms with Gasteiger partial charge in [0.05, 0.1) is 10.5 Å². The number of para-hydroxylation sites is 1. The zero-order chi connectivity index (χ0) is 16.4. The fraction of sp³-hybridized carbons (Fsp3) is 0.353. The number of nitrogens with zero attached hydrogens (tertiary/aromatic N) is 3. The Balaban J connectivity index is 2.19. The van der Waals surface area contributed by atoms with E-state index in [2.05, 4.69) is 4.57 Å². The van der Waals surface area contributed by atoms with Crippen molar-refractivity contribution in [3.05, 3.63) is 64.0 Å². The zero-order valence-electron chi connectivity index (χ0n) is 13.0. The number of benzene rings is 1. The highest BCUT2D eigenvalue weighted by Gasteiger charge is 2.33. The summed E-state index contributed by atoms with van der Waals surface area (Å²) in [7, 11) is 0. The van der Waals surface area contributed by atoms with Gasteiger partial charge in [-0.3, -0.25) is 14.9 Å². The van der Waals surface area contributed by atoms with Gasteiger partial charge in [0.25, 0.3) is 5.69 Å². The average molecular weight is 313 g/mol. The van der Waals surface area contributed by atoms with E-state index in [1.165, 1.54) is 6.07 Å². The summed E-state index contributed by atoms with van der Waals surface area (Å²) in [5.41, 5.74) is 1.56. The van der Waals surface area contributed by atoms with Crippen LogP contribution in [0.2, 0.25) is 0 Å². The maximum atomic E-state index is 12.5. The summed E-state index contributed by atoms with van der Waals surface area (Å²) in [6, 6.07) is 10.2. The van der Waals surface area contributed by atoms with Crippen LogP contribution in [-0.2, 0) is 11.3 Å². The monoisotopic (exact) mass is 313 g/mol. The highest BCUT2D eigenvalue weighted by Crippen LogP contribution is 2.36. The van der Waals surface area contributed by atoms with E-state index in [4.69, 9.17) is 0 Å². The Labute approximate surface area is 134 Å². The smallest absolute Gasteiger partial charge is 0.275 e. The molecule has 1 aromatic heterocycles. The van der Waals surface area contributed by atoms with Crippen molar-refractivity contribution in [1.29, 1.82) is 0 Å². The number of hydrogen-bond acceptors (Lipinski definition) is 3. The van der Waals surface area contributed by atoms with Gasteiger partial charge in [-0.05, 0) is 24.6 Å². The molecule has 23 heavy (non-hydrogen) atoms. The summed E-state index contributed by atoms with van der Waals surface area (Å²) >= 11 is 0. The molecular formula is C17H19N3O3. The van der Waals surface area contributed by atoms with Gasteiger partial charge in [-0.15, -0.1) is 0 Å². The number of aryl methyl sites for hydroxylation is 1. The van der Waals surface area contributed by atoms with E-state index in [0.717, 1.165) is 18.7 Å². The third kappa shape index (κ3) is 2.72. The Morgan fingerprint density at radius 2 is 2.04 bits per heavy atom. The number of hydrogen-bond donors (Lipinski definition) is 0. The van der Waals surface area contributed by atoms with Crippen molar-refractivity contribution >= 4 is 11.6 Å². The summed E-state index contributed by atoms with van der Waals surface area (Å²) < 4.78 is 2.09. The first-order valence-electron chi connectivity index (χ1n) is 7.81. The fourth-order valence-electron chi connectivity index (χ4n) is 3.26. The van der Waals surface area contributed by atoms with E-state index in [1.807, 2.05) is 25.3 Å². The molecule has 1 aliphatic rings. The topological polar surface area (TPSA) is 68.4 Å². The van der Waals surface area contributed by atoms with Crippen LogP contribution in [0.4, 0.5) is 5.69 Å². The molecule has 0 fully saturated rings. The minimum atomic E-state index is -0.415.